The zero-order valence-corrected chi connectivity index (χ0v) is 10.5. The number of aromatic hydroxyl groups is 1. The van der Waals surface area contributed by atoms with Crippen LogP contribution >= 0.6 is 0 Å². The Kier molecular flexibility index (Phi) is 4.46. The van der Waals surface area contributed by atoms with Gasteiger partial charge in [0.1, 0.15) is 11.3 Å². The summed E-state index contributed by atoms with van der Waals surface area (Å²) >= 11 is 0. The van der Waals surface area contributed by atoms with E-state index >= 15 is 0 Å². The highest BCUT2D eigenvalue weighted by Crippen LogP contribution is 2.22. The van der Waals surface area contributed by atoms with Crippen molar-refractivity contribution in [2.75, 3.05) is 0 Å². The van der Waals surface area contributed by atoms with E-state index in [0.29, 0.717) is 5.56 Å². The molecule has 0 radical (unpaired) electrons. The number of imide groups is 1. The molecule has 0 aliphatic carbocycles. The molecule has 0 aliphatic rings. The van der Waals surface area contributed by atoms with Gasteiger partial charge in [0.2, 0.25) is 0 Å². The molecule has 1 aromatic rings. The fourth-order valence-electron chi connectivity index (χ4n) is 1.32. The number of rotatable bonds is 3. The van der Waals surface area contributed by atoms with Gasteiger partial charge in [0.05, 0.1) is 0 Å². The highest BCUT2D eigenvalue weighted by Gasteiger charge is 2.22. The topological polar surface area (TPSA) is 119 Å². The minimum absolute atomic E-state index is 0.0567. The monoisotopic (exact) mass is 266 g/mol. The Morgan fingerprint density at radius 2 is 2.00 bits per heavy atom. The van der Waals surface area contributed by atoms with E-state index in [2.05, 4.69) is 0 Å². The van der Waals surface area contributed by atoms with E-state index in [4.69, 9.17) is 10.5 Å². The van der Waals surface area contributed by atoms with Crippen LogP contribution < -0.4 is 11.1 Å². The van der Waals surface area contributed by atoms with Gasteiger partial charge in [-0.1, -0.05) is 12.1 Å². The number of hydrogen-bond acceptors (Lipinski definition) is 5. The molecule has 0 spiro atoms. The Labute approximate surface area is 109 Å². The fourth-order valence-corrected chi connectivity index (χ4v) is 1.32. The van der Waals surface area contributed by atoms with Gasteiger partial charge < -0.3 is 15.6 Å². The second kappa shape index (κ2) is 5.85. The van der Waals surface area contributed by atoms with Gasteiger partial charge in [0, 0.05) is 0 Å². The molecule has 1 rings (SSSR count). The molecule has 0 bridgehead atoms. The quantitative estimate of drug-likeness (QED) is 0.686. The van der Waals surface area contributed by atoms with Crippen LogP contribution in [0.2, 0.25) is 0 Å². The van der Waals surface area contributed by atoms with Gasteiger partial charge in [-0.05, 0) is 25.5 Å². The zero-order chi connectivity index (χ0) is 14.6. The van der Waals surface area contributed by atoms with Gasteiger partial charge in [-0.3, -0.25) is 10.1 Å². The third kappa shape index (κ3) is 3.70. The Morgan fingerprint density at radius 1 is 1.37 bits per heavy atom. The first kappa shape index (κ1) is 14.5. The molecule has 0 saturated heterocycles. The minimum Gasteiger partial charge on any atom is -0.507 e. The van der Waals surface area contributed by atoms with Crippen molar-refractivity contribution in [2.45, 2.75) is 20.0 Å². The first-order chi connectivity index (χ1) is 8.82. The Morgan fingerprint density at radius 3 is 2.58 bits per heavy atom. The normalized spacial score (nSPS) is 11.5. The molecule has 3 amide bonds. The number of nitrogens with two attached hydrogens (primary N) is 1. The van der Waals surface area contributed by atoms with E-state index in [1.54, 1.807) is 24.4 Å². The van der Waals surface area contributed by atoms with Crippen LogP contribution in [0.5, 0.6) is 5.75 Å². The van der Waals surface area contributed by atoms with Crippen LogP contribution in [0.25, 0.3) is 0 Å². The van der Waals surface area contributed by atoms with Gasteiger partial charge >= 0.3 is 12.0 Å². The van der Waals surface area contributed by atoms with E-state index in [1.807, 2.05) is 0 Å². The van der Waals surface area contributed by atoms with Crippen LogP contribution in [0.4, 0.5) is 4.79 Å². The maximum absolute atomic E-state index is 11.7. The maximum atomic E-state index is 11.7. The lowest BCUT2D eigenvalue weighted by Crippen LogP contribution is -2.42. The molecule has 0 fully saturated rings. The van der Waals surface area contributed by atoms with E-state index in [-0.39, 0.29) is 11.3 Å². The SMILES string of the molecule is Cc1cccc(C(=O)OC(C)C(=O)NC(N)=O)c1O. The number of ether oxygens (including phenoxy) is 1. The fraction of sp³-hybridized carbons (Fsp3) is 0.250. The summed E-state index contributed by atoms with van der Waals surface area (Å²) in [5.74, 6) is -1.92. The molecular weight excluding hydrogens is 252 g/mol. The highest BCUT2D eigenvalue weighted by molar-refractivity contribution is 5.98. The zero-order valence-electron chi connectivity index (χ0n) is 10.5. The summed E-state index contributed by atoms with van der Waals surface area (Å²) in [4.78, 5) is 33.5. The van der Waals surface area contributed by atoms with E-state index < -0.39 is 24.0 Å². The maximum Gasteiger partial charge on any atom is 0.342 e. The highest BCUT2D eigenvalue weighted by atomic mass is 16.5. The molecule has 0 saturated carbocycles. The number of primary amides is 1. The van der Waals surface area contributed by atoms with Crippen LogP contribution in [0.1, 0.15) is 22.8 Å². The lowest BCUT2D eigenvalue weighted by Gasteiger charge is -2.13. The second-order valence-electron chi connectivity index (χ2n) is 3.87. The molecule has 0 aromatic heterocycles. The number of esters is 1. The van der Waals surface area contributed by atoms with Gasteiger partial charge in [-0.15, -0.1) is 0 Å². The number of phenolic OH excluding ortho intramolecular Hbond substituents is 1. The van der Waals surface area contributed by atoms with Gasteiger partial charge in [-0.2, -0.15) is 0 Å². The molecular formula is C12H14N2O5. The van der Waals surface area contributed by atoms with Crippen molar-refractivity contribution in [1.82, 2.24) is 5.32 Å². The van der Waals surface area contributed by atoms with Gasteiger partial charge in [0.25, 0.3) is 5.91 Å². The number of amides is 3. The van der Waals surface area contributed by atoms with E-state index in [1.165, 1.54) is 13.0 Å². The summed E-state index contributed by atoms with van der Waals surface area (Å²) in [6.45, 7) is 2.90. The third-order valence-electron chi connectivity index (χ3n) is 2.36. The molecule has 7 heteroatoms. The summed E-state index contributed by atoms with van der Waals surface area (Å²) in [5.41, 5.74) is 5.21. The van der Waals surface area contributed by atoms with Crippen LogP contribution in [0.3, 0.4) is 0 Å². The number of carbonyl (C=O) groups is 3. The average Bonchev–Trinajstić information content (AvgIpc) is 2.31. The van der Waals surface area contributed by atoms with Crippen molar-refractivity contribution in [3.05, 3.63) is 29.3 Å². The van der Waals surface area contributed by atoms with Crippen LogP contribution in [-0.2, 0) is 9.53 Å². The Bertz CT molecular complexity index is 527. The smallest absolute Gasteiger partial charge is 0.342 e. The molecule has 0 heterocycles. The predicted molar refractivity (Wildman–Crippen MR) is 65.4 cm³/mol. The average molecular weight is 266 g/mol. The Balaban J connectivity index is 2.77. The largest absolute Gasteiger partial charge is 0.507 e. The predicted octanol–water partition coefficient (Wildman–Crippen LogP) is 0.441. The first-order valence-electron chi connectivity index (χ1n) is 5.42. The number of para-hydroxylation sites is 1. The molecule has 1 unspecified atom stereocenters. The number of phenols is 1. The number of carbonyl (C=O) groups excluding carboxylic acids is 3. The van der Waals surface area contributed by atoms with Crippen LogP contribution in [0.15, 0.2) is 18.2 Å². The summed E-state index contributed by atoms with van der Waals surface area (Å²) in [6.07, 6.45) is -1.21. The van der Waals surface area contributed by atoms with Crippen LogP contribution in [-0.4, -0.2) is 29.1 Å². The molecule has 102 valence electrons. The lowest BCUT2D eigenvalue weighted by molar-refractivity contribution is -0.127. The molecule has 7 nitrogen and oxygen atoms in total. The van der Waals surface area contributed by atoms with Crippen molar-refractivity contribution in [2.24, 2.45) is 5.73 Å². The van der Waals surface area contributed by atoms with Gasteiger partial charge in [-0.25, -0.2) is 9.59 Å². The van der Waals surface area contributed by atoms with E-state index in [9.17, 15) is 19.5 Å². The molecule has 1 atom stereocenters. The van der Waals surface area contributed by atoms with Crippen molar-refractivity contribution >= 4 is 17.9 Å². The van der Waals surface area contributed by atoms with Crippen molar-refractivity contribution in [3.8, 4) is 5.75 Å². The number of hydrogen-bond donors (Lipinski definition) is 3. The van der Waals surface area contributed by atoms with Crippen molar-refractivity contribution in [1.29, 1.82) is 0 Å². The molecule has 1 aromatic carbocycles. The molecule has 4 N–H and O–H groups in total. The minimum atomic E-state index is -1.21. The summed E-state index contributed by atoms with van der Waals surface area (Å²) in [5, 5.41) is 11.5. The summed E-state index contributed by atoms with van der Waals surface area (Å²) in [7, 11) is 0. The Hall–Kier alpha value is -2.57. The number of urea groups is 1. The standard InChI is InChI=1S/C12H14N2O5/c1-6-4-3-5-8(9(6)15)11(17)19-7(2)10(16)14-12(13)18/h3-5,7,15H,1-2H3,(H3,13,14,16,18). The first-order valence-corrected chi connectivity index (χ1v) is 5.42. The third-order valence-corrected chi connectivity index (χ3v) is 2.36. The second-order valence-corrected chi connectivity index (χ2v) is 3.87. The number of benzene rings is 1. The van der Waals surface area contributed by atoms with Crippen molar-refractivity contribution < 1.29 is 24.2 Å². The molecule has 19 heavy (non-hydrogen) atoms. The number of nitrogens with one attached hydrogen (secondary N) is 1. The summed E-state index contributed by atoms with van der Waals surface area (Å²) < 4.78 is 4.82. The van der Waals surface area contributed by atoms with Gasteiger partial charge in [0.15, 0.2) is 6.10 Å². The van der Waals surface area contributed by atoms with Crippen molar-refractivity contribution in [3.63, 3.8) is 0 Å². The number of aryl methyl sites for hydroxylation is 1. The van der Waals surface area contributed by atoms with E-state index in [0.717, 1.165) is 0 Å². The van der Waals surface area contributed by atoms with Crippen LogP contribution in [0, 0.1) is 6.92 Å². The summed E-state index contributed by atoms with van der Waals surface area (Å²) in [6, 6.07) is 3.52. The lowest BCUT2D eigenvalue weighted by atomic mass is 10.1. The molecule has 0 aliphatic heterocycles.